The van der Waals surface area contributed by atoms with Crippen LogP contribution in [0, 0.1) is 0 Å². The second kappa shape index (κ2) is 9.56. The summed E-state index contributed by atoms with van der Waals surface area (Å²) in [6, 6.07) is 16.4. The van der Waals surface area contributed by atoms with Crippen LogP contribution in [-0.2, 0) is 24.3 Å². The van der Waals surface area contributed by atoms with Gasteiger partial charge in [-0.2, -0.15) is 0 Å². The lowest BCUT2D eigenvalue weighted by Crippen LogP contribution is -2.36. The molecule has 144 valence electrons. The van der Waals surface area contributed by atoms with Gasteiger partial charge in [0.15, 0.2) is 6.10 Å². The minimum absolute atomic E-state index is 0.0953. The molecule has 0 bridgehead atoms. The number of benzene rings is 2. The van der Waals surface area contributed by atoms with E-state index in [1.54, 1.807) is 6.92 Å². The van der Waals surface area contributed by atoms with Crippen LogP contribution < -0.4 is 10.1 Å². The second-order valence-corrected chi connectivity index (χ2v) is 7.24. The molecule has 4 nitrogen and oxygen atoms in total. The molecule has 27 heavy (non-hydrogen) atoms. The number of carbonyl (C=O) groups excluding carboxylic acids is 1. The number of nitrogens with zero attached hydrogens (tertiary/aromatic N) is 1. The summed E-state index contributed by atoms with van der Waals surface area (Å²) in [4.78, 5) is 14.9. The van der Waals surface area contributed by atoms with Crippen molar-refractivity contribution < 1.29 is 9.53 Å². The lowest BCUT2D eigenvalue weighted by molar-refractivity contribution is -0.127. The van der Waals surface area contributed by atoms with Gasteiger partial charge in [0.05, 0.1) is 0 Å². The zero-order chi connectivity index (χ0) is 19.1. The normalized spacial score (nSPS) is 15.5. The van der Waals surface area contributed by atoms with Crippen LogP contribution >= 0.6 is 0 Å². The third-order valence-corrected chi connectivity index (χ3v) is 5.12. The number of amides is 1. The maximum atomic E-state index is 12.4. The number of aryl methyl sites for hydroxylation is 1. The summed E-state index contributed by atoms with van der Waals surface area (Å²) in [5.74, 6) is 0.691. The zero-order valence-electron chi connectivity index (χ0n) is 16.4. The van der Waals surface area contributed by atoms with Crippen molar-refractivity contribution in [3.05, 3.63) is 65.2 Å². The van der Waals surface area contributed by atoms with Crippen molar-refractivity contribution in [3.63, 3.8) is 0 Å². The summed E-state index contributed by atoms with van der Waals surface area (Å²) in [7, 11) is 0. The first-order valence-corrected chi connectivity index (χ1v) is 9.98. The Labute approximate surface area is 162 Å². The lowest BCUT2D eigenvalue weighted by atomic mass is 10.1. The van der Waals surface area contributed by atoms with Crippen LogP contribution in [0.2, 0.25) is 0 Å². The van der Waals surface area contributed by atoms with Crippen LogP contribution in [0.5, 0.6) is 5.75 Å². The molecule has 2 aromatic carbocycles. The van der Waals surface area contributed by atoms with E-state index in [9.17, 15) is 4.79 Å². The Morgan fingerprint density at radius 2 is 1.74 bits per heavy atom. The van der Waals surface area contributed by atoms with Crippen molar-refractivity contribution in [2.45, 2.75) is 52.3 Å². The fraction of sp³-hybridized carbons (Fsp3) is 0.435. The number of carbonyl (C=O) groups is 1. The van der Waals surface area contributed by atoms with Gasteiger partial charge < -0.3 is 10.1 Å². The summed E-state index contributed by atoms with van der Waals surface area (Å²) in [6.07, 6.45) is 2.99. The van der Waals surface area contributed by atoms with E-state index in [1.807, 2.05) is 24.3 Å². The molecule has 2 aromatic rings. The van der Waals surface area contributed by atoms with Gasteiger partial charge in [0.25, 0.3) is 5.91 Å². The first-order valence-electron chi connectivity index (χ1n) is 9.98. The van der Waals surface area contributed by atoms with Gasteiger partial charge in [-0.05, 0) is 62.0 Å². The standard InChI is InChI=1S/C23H30N2O2/c1-3-21-8-4-5-9-22(21)27-18(2)23(26)24-16-19-10-12-20(13-11-19)17-25-14-6-7-15-25/h4-5,8-13,18H,3,6-7,14-17H2,1-2H3,(H,24,26). The molecule has 0 radical (unpaired) electrons. The highest BCUT2D eigenvalue weighted by molar-refractivity contribution is 5.80. The van der Waals surface area contributed by atoms with Crippen molar-refractivity contribution >= 4 is 5.91 Å². The molecule has 1 N–H and O–H groups in total. The van der Waals surface area contributed by atoms with E-state index in [4.69, 9.17) is 4.74 Å². The lowest BCUT2D eigenvalue weighted by Gasteiger charge is -2.17. The number of ether oxygens (including phenoxy) is 1. The Balaban J connectivity index is 1.47. The van der Waals surface area contributed by atoms with Crippen molar-refractivity contribution in [3.8, 4) is 5.75 Å². The molecule has 0 aliphatic carbocycles. The fourth-order valence-corrected chi connectivity index (χ4v) is 3.45. The molecule has 0 saturated carbocycles. The highest BCUT2D eigenvalue weighted by atomic mass is 16.5. The quantitative estimate of drug-likeness (QED) is 0.770. The van der Waals surface area contributed by atoms with Crippen LogP contribution in [-0.4, -0.2) is 30.0 Å². The molecule has 4 heteroatoms. The van der Waals surface area contributed by atoms with Crippen LogP contribution in [0.1, 0.15) is 43.4 Å². The van der Waals surface area contributed by atoms with Gasteiger partial charge in [-0.3, -0.25) is 9.69 Å². The summed E-state index contributed by atoms with van der Waals surface area (Å²) < 4.78 is 5.86. The zero-order valence-corrected chi connectivity index (χ0v) is 16.4. The second-order valence-electron chi connectivity index (χ2n) is 7.24. The molecule has 1 amide bonds. The first-order chi connectivity index (χ1) is 13.2. The average molecular weight is 367 g/mol. The van der Waals surface area contributed by atoms with Gasteiger partial charge in [-0.15, -0.1) is 0 Å². The number of para-hydroxylation sites is 1. The third kappa shape index (κ3) is 5.57. The van der Waals surface area contributed by atoms with Gasteiger partial charge >= 0.3 is 0 Å². The van der Waals surface area contributed by atoms with Gasteiger partial charge in [0, 0.05) is 13.1 Å². The Morgan fingerprint density at radius 3 is 2.44 bits per heavy atom. The minimum atomic E-state index is -0.521. The van der Waals surface area contributed by atoms with Crippen molar-refractivity contribution in [1.29, 1.82) is 0 Å². The molecule has 1 unspecified atom stereocenters. The maximum absolute atomic E-state index is 12.4. The smallest absolute Gasteiger partial charge is 0.261 e. The van der Waals surface area contributed by atoms with Crippen LogP contribution in [0.15, 0.2) is 48.5 Å². The van der Waals surface area contributed by atoms with Crippen molar-refractivity contribution in [1.82, 2.24) is 10.2 Å². The molecule has 1 heterocycles. The summed E-state index contributed by atoms with van der Waals surface area (Å²) in [6.45, 7) is 7.83. The van der Waals surface area contributed by atoms with E-state index < -0.39 is 6.10 Å². The first kappa shape index (κ1) is 19.4. The molecule has 1 saturated heterocycles. The molecule has 0 aromatic heterocycles. The van der Waals surface area contributed by atoms with Crippen molar-refractivity contribution in [2.24, 2.45) is 0 Å². The van der Waals surface area contributed by atoms with E-state index in [2.05, 4.69) is 41.4 Å². The highest BCUT2D eigenvalue weighted by Gasteiger charge is 2.16. The Bertz CT molecular complexity index is 736. The van der Waals surface area contributed by atoms with Crippen LogP contribution in [0.25, 0.3) is 0 Å². The monoisotopic (exact) mass is 366 g/mol. The Kier molecular flexibility index (Phi) is 6.88. The van der Waals surface area contributed by atoms with Crippen molar-refractivity contribution in [2.75, 3.05) is 13.1 Å². The average Bonchev–Trinajstić information content (AvgIpc) is 3.20. The minimum Gasteiger partial charge on any atom is -0.481 e. The number of rotatable bonds is 8. The van der Waals surface area contributed by atoms with E-state index in [0.717, 1.165) is 29.8 Å². The number of nitrogens with one attached hydrogen (secondary N) is 1. The van der Waals surface area contributed by atoms with Gasteiger partial charge in [-0.25, -0.2) is 0 Å². The van der Waals surface area contributed by atoms with E-state index in [-0.39, 0.29) is 5.91 Å². The SMILES string of the molecule is CCc1ccccc1OC(C)C(=O)NCc1ccc(CN2CCCC2)cc1. The molecule has 1 fully saturated rings. The number of hydrogen-bond donors (Lipinski definition) is 1. The predicted molar refractivity (Wildman–Crippen MR) is 109 cm³/mol. The Morgan fingerprint density at radius 1 is 1.07 bits per heavy atom. The predicted octanol–water partition coefficient (Wildman–Crippen LogP) is 3.93. The summed E-state index contributed by atoms with van der Waals surface area (Å²) >= 11 is 0. The largest absolute Gasteiger partial charge is 0.481 e. The molecule has 1 aliphatic rings. The maximum Gasteiger partial charge on any atom is 0.261 e. The summed E-state index contributed by atoms with van der Waals surface area (Å²) in [5.41, 5.74) is 3.56. The number of likely N-dealkylation sites (tertiary alicyclic amines) is 1. The van der Waals surface area contributed by atoms with E-state index in [0.29, 0.717) is 6.54 Å². The van der Waals surface area contributed by atoms with E-state index in [1.165, 1.54) is 31.5 Å². The van der Waals surface area contributed by atoms with Crippen LogP contribution in [0.3, 0.4) is 0 Å². The molecule has 0 spiro atoms. The number of hydrogen-bond acceptors (Lipinski definition) is 3. The Hall–Kier alpha value is -2.33. The van der Waals surface area contributed by atoms with Crippen LogP contribution in [0.4, 0.5) is 0 Å². The van der Waals surface area contributed by atoms with E-state index >= 15 is 0 Å². The third-order valence-electron chi connectivity index (χ3n) is 5.12. The van der Waals surface area contributed by atoms with Gasteiger partial charge in [0.1, 0.15) is 5.75 Å². The summed E-state index contributed by atoms with van der Waals surface area (Å²) in [5, 5.41) is 2.97. The molecule has 1 aliphatic heterocycles. The topological polar surface area (TPSA) is 41.6 Å². The van der Waals surface area contributed by atoms with Gasteiger partial charge in [-0.1, -0.05) is 49.4 Å². The highest BCUT2D eigenvalue weighted by Crippen LogP contribution is 2.20. The van der Waals surface area contributed by atoms with Gasteiger partial charge in [0.2, 0.25) is 0 Å². The molecular formula is C23H30N2O2. The molecule has 3 rings (SSSR count). The fourth-order valence-electron chi connectivity index (χ4n) is 3.45. The molecular weight excluding hydrogens is 336 g/mol. The molecule has 1 atom stereocenters.